The average molecular weight is 303 g/mol. The highest BCUT2D eigenvalue weighted by Crippen LogP contribution is 2.12. The molecular formula is C8H9N5S4. The van der Waals surface area contributed by atoms with E-state index < -0.39 is 0 Å². The van der Waals surface area contributed by atoms with E-state index in [1.807, 2.05) is 10.8 Å². The molecule has 90 valence electrons. The van der Waals surface area contributed by atoms with Crippen LogP contribution in [0.5, 0.6) is 0 Å². The highest BCUT2D eigenvalue weighted by molar-refractivity contribution is 8.03. The van der Waals surface area contributed by atoms with E-state index in [9.17, 15) is 0 Å². The van der Waals surface area contributed by atoms with Crippen LogP contribution in [-0.2, 0) is 0 Å². The smallest absolute Gasteiger partial charge is 0.217 e. The Morgan fingerprint density at radius 2 is 2.00 bits per heavy atom. The first kappa shape index (κ1) is 14.3. The predicted molar refractivity (Wildman–Crippen MR) is 75.1 cm³/mol. The number of hydrogen-bond acceptors (Lipinski definition) is 9. The van der Waals surface area contributed by atoms with Crippen molar-refractivity contribution in [2.75, 3.05) is 29.9 Å². The second-order valence-electron chi connectivity index (χ2n) is 2.55. The summed E-state index contributed by atoms with van der Waals surface area (Å²) in [5.41, 5.74) is 0. The highest BCUT2D eigenvalue weighted by atomic mass is 32.9. The minimum atomic E-state index is 0.613. The van der Waals surface area contributed by atoms with Crippen LogP contribution in [0.25, 0.3) is 0 Å². The summed E-state index contributed by atoms with van der Waals surface area (Å²) in [6, 6.07) is 0. The second-order valence-corrected chi connectivity index (χ2v) is 6.40. The van der Waals surface area contributed by atoms with Crippen molar-refractivity contribution >= 4 is 49.3 Å². The normalized spacial score (nSPS) is 10.8. The first-order valence-corrected chi connectivity index (χ1v) is 8.72. The lowest BCUT2D eigenvalue weighted by molar-refractivity contribution is 1.05. The largest absolute Gasteiger partial charge is 0.360 e. The number of aromatic nitrogens is 1. The van der Waals surface area contributed by atoms with Gasteiger partial charge in [-0.15, -0.1) is 0 Å². The molecule has 0 spiro atoms. The van der Waals surface area contributed by atoms with Crippen molar-refractivity contribution in [2.24, 2.45) is 4.99 Å². The Morgan fingerprint density at radius 3 is 2.76 bits per heavy atom. The van der Waals surface area contributed by atoms with Gasteiger partial charge in [0, 0.05) is 18.1 Å². The Kier molecular flexibility index (Phi) is 7.84. The van der Waals surface area contributed by atoms with Crippen molar-refractivity contribution in [1.82, 2.24) is 4.98 Å². The number of nitrogens with zero attached hydrogens (tertiary/aromatic N) is 4. The molecule has 0 bridgehead atoms. The van der Waals surface area contributed by atoms with Crippen molar-refractivity contribution in [3.8, 4) is 10.8 Å². The first-order chi connectivity index (χ1) is 8.36. The summed E-state index contributed by atoms with van der Waals surface area (Å²) in [5.74, 6) is 1.44. The van der Waals surface area contributed by atoms with E-state index in [2.05, 4.69) is 15.3 Å². The Balaban J connectivity index is 2.32. The van der Waals surface area contributed by atoms with E-state index >= 15 is 0 Å². The maximum Gasteiger partial charge on any atom is 0.217 e. The van der Waals surface area contributed by atoms with Crippen LogP contribution in [0.15, 0.2) is 4.99 Å². The molecule has 17 heavy (non-hydrogen) atoms. The van der Waals surface area contributed by atoms with Gasteiger partial charge >= 0.3 is 0 Å². The summed E-state index contributed by atoms with van der Waals surface area (Å²) in [6.07, 6.45) is 0. The van der Waals surface area contributed by atoms with Gasteiger partial charge < -0.3 is 5.32 Å². The molecule has 5 nitrogen and oxygen atoms in total. The zero-order valence-corrected chi connectivity index (χ0v) is 12.0. The number of nitrogens with one attached hydrogen (secondary N) is 1. The third-order valence-corrected chi connectivity index (χ3v) is 4.51. The van der Waals surface area contributed by atoms with Crippen molar-refractivity contribution in [3.63, 3.8) is 0 Å². The highest BCUT2D eigenvalue weighted by Gasteiger charge is 1.97. The average Bonchev–Trinajstić information content (AvgIpc) is 2.78. The van der Waals surface area contributed by atoms with Crippen LogP contribution in [0, 0.1) is 21.3 Å². The van der Waals surface area contributed by atoms with Crippen molar-refractivity contribution in [2.45, 2.75) is 0 Å². The number of nitriles is 2. The van der Waals surface area contributed by atoms with Crippen molar-refractivity contribution in [3.05, 3.63) is 4.80 Å². The molecule has 0 aliphatic rings. The Morgan fingerprint density at radius 1 is 1.24 bits per heavy atom. The molecule has 0 saturated carbocycles. The second kappa shape index (κ2) is 9.31. The monoisotopic (exact) mass is 303 g/mol. The lowest BCUT2D eigenvalue weighted by Gasteiger charge is -1.96. The summed E-state index contributed by atoms with van der Waals surface area (Å²) < 4.78 is 0. The van der Waals surface area contributed by atoms with Gasteiger partial charge in [0.05, 0.1) is 6.54 Å². The Hall–Kier alpha value is -0.740. The van der Waals surface area contributed by atoms with Gasteiger partial charge in [-0.05, 0) is 44.2 Å². The SMILES string of the molecule is N#CSCCN=c1nc(NCCSC#N)ss1. The van der Waals surface area contributed by atoms with E-state index in [1.165, 1.54) is 44.2 Å². The molecule has 1 N–H and O–H groups in total. The van der Waals surface area contributed by atoms with Crippen LogP contribution in [0.4, 0.5) is 5.13 Å². The van der Waals surface area contributed by atoms with E-state index in [0.29, 0.717) is 12.3 Å². The van der Waals surface area contributed by atoms with Gasteiger partial charge in [0.25, 0.3) is 0 Å². The quantitative estimate of drug-likeness (QED) is 0.471. The number of hydrogen-bond donors (Lipinski definition) is 1. The molecule has 0 radical (unpaired) electrons. The molecule has 0 aliphatic heterocycles. The van der Waals surface area contributed by atoms with Crippen molar-refractivity contribution in [1.29, 1.82) is 10.5 Å². The molecular weight excluding hydrogens is 294 g/mol. The molecule has 0 atom stereocenters. The fourth-order valence-electron chi connectivity index (χ4n) is 0.819. The summed E-state index contributed by atoms with van der Waals surface area (Å²) >= 11 is 2.42. The van der Waals surface area contributed by atoms with Gasteiger partial charge in [0.15, 0.2) is 5.13 Å². The van der Waals surface area contributed by atoms with Crippen LogP contribution < -0.4 is 10.1 Å². The van der Waals surface area contributed by atoms with Crippen LogP contribution in [0.1, 0.15) is 0 Å². The summed E-state index contributed by atoms with van der Waals surface area (Å²) in [6.45, 7) is 1.34. The van der Waals surface area contributed by atoms with Gasteiger partial charge in [-0.1, -0.05) is 0 Å². The van der Waals surface area contributed by atoms with E-state index in [4.69, 9.17) is 10.5 Å². The van der Waals surface area contributed by atoms with Gasteiger partial charge in [0.2, 0.25) is 4.80 Å². The third-order valence-electron chi connectivity index (χ3n) is 1.44. The summed E-state index contributed by atoms with van der Waals surface area (Å²) in [7, 11) is 3.04. The van der Waals surface area contributed by atoms with Gasteiger partial charge in [-0.25, -0.2) is 0 Å². The molecule has 9 heteroatoms. The zero-order chi connectivity index (χ0) is 12.3. The van der Waals surface area contributed by atoms with Crippen LogP contribution in [0.2, 0.25) is 0 Å². The van der Waals surface area contributed by atoms with E-state index in [1.54, 1.807) is 0 Å². The molecule has 1 rings (SSSR count). The molecule has 0 aromatic carbocycles. The van der Waals surface area contributed by atoms with E-state index in [0.717, 1.165) is 22.2 Å². The molecule has 0 unspecified atom stereocenters. The Labute approximate surface area is 115 Å². The lowest BCUT2D eigenvalue weighted by Crippen LogP contribution is -2.06. The molecule has 0 saturated heterocycles. The van der Waals surface area contributed by atoms with Crippen LogP contribution >= 0.6 is 44.2 Å². The lowest BCUT2D eigenvalue weighted by atomic mass is 10.7. The molecule has 1 heterocycles. The molecule has 0 fully saturated rings. The molecule has 0 aliphatic carbocycles. The topological polar surface area (TPSA) is 84.9 Å². The van der Waals surface area contributed by atoms with Gasteiger partial charge in [-0.3, -0.25) is 4.99 Å². The van der Waals surface area contributed by atoms with Crippen LogP contribution in [-0.4, -0.2) is 29.6 Å². The number of thioether (sulfide) groups is 2. The van der Waals surface area contributed by atoms with Crippen molar-refractivity contribution < 1.29 is 0 Å². The fraction of sp³-hybridized carbons (Fsp3) is 0.500. The van der Waals surface area contributed by atoms with Gasteiger partial charge in [0.1, 0.15) is 10.8 Å². The molecule has 1 aromatic heterocycles. The third kappa shape index (κ3) is 6.54. The first-order valence-electron chi connectivity index (χ1n) is 4.60. The minimum absolute atomic E-state index is 0.613. The number of thiocyanates is 2. The van der Waals surface area contributed by atoms with E-state index in [-0.39, 0.29) is 0 Å². The zero-order valence-electron chi connectivity index (χ0n) is 8.75. The van der Waals surface area contributed by atoms with Gasteiger partial charge in [-0.2, -0.15) is 15.5 Å². The maximum absolute atomic E-state index is 8.34. The minimum Gasteiger partial charge on any atom is -0.360 e. The van der Waals surface area contributed by atoms with Crippen LogP contribution in [0.3, 0.4) is 0 Å². The number of rotatable bonds is 7. The summed E-state index contributed by atoms with van der Waals surface area (Å²) in [5, 5.41) is 24.7. The summed E-state index contributed by atoms with van der Waals surface area (Å²) in [4.78, 5) is 9.28. The fourth-order valence-corrected chi connectivity index (χ4v) is 3.18. The molecule has 0 amide bonds. The molecule has 1 aromatic rings. The maximum atomic E-state index is 8.34. The standard InChI is InChI=1S/C8H9N5S4/c9-5-14-3-1-11-7-13-8(17-16-7)12-2-4-15-6-10/h1-4H2,(H,11,12,13). The predicted octanol–water partition coefficient (Wildman–Crippen LogP) is 1.95. The number of anilines is 1. The Bertz CT molecular complexity index is 465.